The average molecular weight is 346 g/mol. The fraction of sp³-hybridized carbons (Fsp3) is 0.222. The van der Waals surface area contributed by atoms with Crippen LogP contribution in [0.5, 0.6) is 0 Å². The Morgan fingerprint density at radius 3 is 2.12 bits per heavy atom. The first-order chi connectivity index (χ1) is 11.5. The molecule has 0 aliphatic rings. The van der Waals surface area contributed by atoms with Gasteiger partial charge in [0.2, 0.25) is 11.8 Å². The lowest BCUT2D eigenvalue weighted by molar-refractivity contribution is -0.116. The van der Waals surface area contributed by atoms with Gasteiger partial charge < -0.3 is 16.0 Å². The number of hydrogen-bond donors (Lipinski definition) is 3. The summed E-state index contributed by atoms with van der Waals surface area (Å²) in [5.74, 6) is -0.204. The first kappa shape index (κ1) is 17.8. The Balaban J connectivity index is 1.85. The van der Waals surface area contributed by atoms with E-state index in [2.05, 4.69) is 16.0 Å². The molecule has 0 bridgehead atoms. The number of rotatable bonds is 6. The van der Waals surface area contributed by atoms with Crippen molar-refractivity contribution < 1.29 is 9.59 Å². The monoisotopic (exact) mass is 345 g/mol. The van der Waals surface area contributed by atoms with Crippen LogP contribution in [-0.4, -0.2) is 18.4 Å². The fourth-order valence-corrected chi connectivity index (χ4v) is 2.16. The van der Waals surface area contributed by atoms with E-state index in [9.17, 15) is 9.59 Å². The summed E-state index contributed by atoms with van der Waals surface area (Å²) in [6.45, 7) is 3.83. The van der Waals surface area contributed by atoms with E-state index in [1.165, 1.54) is 0 Å². The zero-order valence-electron chi connectivity index (χ0n) is 13.7. The predicted octanol–water partition coefficient (Wildman–Crippen LogP) is 4.05. The van der Waals surface area contributed by atoms with E-state index in [1.807, 2.05) is 19.1 Å². The summed E-state index contributed by atoms with van der Waals surface area (Å²) < 4.78 is 0. The highest BCUT2D eigenvalue weighted by Gasteiger charge is 2.04. The molecule has 2 aromatic rings. The van der Waals surface area contributed by atoms with Crippen molar-refractivity contribution in [2.24, 2.45) is 0 Å². The standard InChI is InChI=1S/C18H20ClN3O2/c1-3-17(23)21-14-8-6-13(7-9-14)20-11-18(24)22-15-5-4-12(2)16(19)10-15/h4-10,20H,3,11H2,1-2H3,(H,21,23)(H,22,24). The van der Waals surface area contributed by atoms with Crippen LogP contribution in [0, 0.1) is 6.92 Å². The van der Waals surface area contributed by atoms with Crippen molar-refractivity contribution >= 4 is 40.5 Å². The Morgan fingerprint density at radius 2 is 1.50 bits per heavy atom. The van der Waals surface area contributed by atoms with Crippen molar-refractivity contribution in [1.29, 1.82) is 0 Å². The third kappa shape index (κ3) is 5.28. The molecule has 6 heteroatoms. The highest BCUT2D eigenvalue weighted by atomic mass is 35.5. The second-order valence-electron chi connectivity index (χ2n) is 5.34. The van der Waals surface area contributed by atoms with Crippen LogP contribution >= 0.6 is 11.6 Å². The van der Waals surface area contributed by atoms with E-state index >= 15 is 0 Å². The highest BCUT2D eigenvalue weighted by molar-refractivity contribution is 6.31. The van der Waals surface area contributed by atoms with Crippen LogP contribution in [-0.2, 0) is 9.59 Å². The third-order valence-corrected chi connectivity index (χ3v) is 3.81. The molecule has 2 amide bonds. The van der Waals surface area contributed by atoms with E-state index in [4.69, 9.17) is 11.6 Å². The van der Waals surface area contributed by atoms with Crippen LogP contribution in [0.1, 0.15) is 18.9 Å². The molecule has 0 aliphatic carbocycles. The number of amides is 2. The number of halogens is 1. The largest absolute Gasteiger partial charge is 0.376 e. The lowest BCUT2D eigenvalue weighted by Gasteiger charge is -2.10. The van der Waals surface area contributed by atoms with Gasteiger partial charge in [0, 0.05) is 28.5 Å². The fourth-order valence-electron chi connectivity index (χ4n) is 1.98. The van der Waals surface area contributed by atoms with Gasteiger partial charge in [-0.15, -0.1) is 0 Å². The molecule has 0 atom stereocenters. The van der Waals surface area contributed by atoms with Crippen molar-refractivity contribution in [3.05, 3.63) is 53.1 Å². The summed E-state index contributed by atoms with van der Waals surface area (Å²) in [7, 11) is 0. The maximum atomic E-state index is 12.0. The number of hydrogen-bond acceptors (Lipinski definition) is 3. The number of carbonyl (C=O) groups excluding carboxylic acids is 2. The molecule has 2 rings (SSSR count). The second-order valence-corrected chi connectivity index (χ2v) is 5.75. The molecule has 0 heterocycles. The van der Waals surface area contributed by atoms with Gasteiger partial charge in [-0.2, -0.15) is 0 Å². The molecule has 2 aromatic carbocycles. The summed E-state index contributed by atoms with van der Waals surface area (Å²) in [5, 5.41) is 9.19. The zero-order valence-corrected chi connectivity index (χ0v) is 14.4. The number of aryl methyl sites for hydroxylation is 1. The molecule has 0 aliphatic heterocycles. The molecule has 0 fully saturated rings. The van der Waals surface area contributed by atoms with Crippen LogP contribution in [0.2, 0.25) is 5.02 Å². The number of carbonyl (C=O) groups is 2. The van der Waals surface area contributed by atoms with Gasteiger partial charge in [-0.05, 0) is 48.9 Å². The summed E-state index contributed by atoms with van der Waals surface area (Å²) in [6, 6.07) is 12.6. The second kappa shape index (κ2) is 8.36. The van der Waals surface area contributed by atoms with Gasteiger partial charge in [0.25, 0.3) is 0 Å². The first-order valence-corrected chi connectivity index (χ1v) is 8.05. The third-order valence-electron chi connectivity index (χ3n) is 3.40. The van der Waals surface area contributed by atoms with Gasteiger partial charge in [-0.1, -0.05) is 24.6 Å². The lowest BCUT2D eigenvalue weighted by atomic mass is 10.2. The van der Waals surface area contributed by atoms with Crippen LogP contribution in [0.3, 0.4) is 0 Å². The van der Waals surface area contributed by atoms with Gasteiger partial charge in [-0.3, -0.25) is 9.59 Å². The smallest absolute Gasteiger partial charge is 0.243 e. The lowest BCUT2D eigenvalue weighted by Crippen LogP contribution is -2.21. The van der Waals surface area contributed by atoms with Crippen molar-refractivity contribution in [2.45, 2.75) is 20.3 Å². The Morgan fingerprint density at radius 1 is 0.917 bits per heavy atom. The minimum Gasteiger partial charge on any atom is -0.376 e. The minimum absolute atomic E-state index is 0.0353. The highest BCUT2D eigenvalue weighted by Crippen LogP contribution is 2.20. The normalized spacial score (nSPS) is 10.1. The maximum absolute atomic E-state index is 12.0. The Kier molecular flexibility index (Phi) is 6.21. The molecule has 3 N–H and O–H groups in total. The number of benzene rings is 2. The molecule has 0 aromatic heterocycles. The summed E-state index contributed by atoms with van der Waals surface area (Å²) >= 11 is 6.03. The van der Waals surface area contributed by atoms with Crippen LogP contribution < -0.4 is 16.0 Å². The Bertz CT molecular complexity index is 730. The molecule has 126 valence electrons. The SMILES string of the molecule is CCC(=O)Nc1ccc(NCC(=O)Nc2ccc(C)c(Cl)c2)cc1. The molecule has 0 unspecified atom stereocenters. The van der Waals surface area contributed by atoms with Gasteiger partial charge in [0.15, 0.2) is 0 Å². The summed E-state index contributed by atoms with van der Waals surface area (Å²) in [6.07, 6.45) is 0.434. The van der Waals surface area contributed by atoms with Crippen molar-refractivity contribution in [3.63, 3.8) is 0 Å². The van der Waals surface area contributed by atoms with E-state index in [0.29, 0.717) is 17.1 Å². The topological polar surface area (TPSA) is 70.2 Å². The molecule has 0 saturated carbocycles. The van der Waals surface area contributed by atoms with E-state index in [-0.39, 0.29) is 18.4 Å². The summed E-state index contributed by atoms with van der Waals surface area (Å²) in [4.78, 5) is 23.3. The number of nitrogens with one attached hydrogen (secondary N) is 3. The molecule has 0 saturated heterocycles. The maximum Gasteiger partial charge on any atom is 0.243 e. The Hall–Kier alpha value is -2.53. The molecule has 24 heavy (non-hydrogen) atoms. The minimum atomic E-state index is -0.168. The first-order valence-electron chi connectivity index (χ1n) is 7.67. The quantitative estimate of drug-likeness (QED) is 0.739. The molecular formula is C18H20ClN3O2. The van der Waals surface area contributed by atoms with Crippen LogP contribution in [0.15, 0.2) is 42.5 Å². The van der Waals surface area contributed by atoms with Crippen molar-refractivity contribution in [1.82, 2.24) is 0 Å². The number of anilines is 3. The zero-order chi connectivity index (χ0) is 17.5. The predicted molar refractivity (Wildman–Crippen MR) is 98.7 cm³/mol. The summed E-state index contributed by atoms with van der Waals surface area (Å²) in [5.41, 5.74) is 3.14. The van der Waals surface area contributed by atoms with E-state index in [0.717, 1.165) is 16.9 Å². The van der Waals surface area contributed by atoms with Gasteiger partial charge in [0.05, 0.1) is 6.54 Å². The van der Waals surface area contributed by atoms with Gasteiger partial charge in [-0.25, -0.2) is 0 Å². The van der Waals surface area contributed by atoms with Crippen molar-refractivity contribution in [2.75, 3.05) is 22.5 Å². The van der Waals surface area contributed by atoms with Crippen LogP contribution in [0.25, 0.3) is 0 Å². The molecule has 0 radical (unpaired) electrons. The van der Waals surface area contributed by atoms with Gasteiger partial charge >= 0.3 is 0 Å². The van der Waals surface area contributed by atoms with Gasteiger partial charge in [0.1, 0.15) is 0 Å². The molecular weight excluding hydrogens is 326 g/mol. The molecule has 5 nitrogen and oxygen atoms in total. The van der Waals surface area contributed by atoms with E-state index < -0.39 is 0 Å². The van der Waals surface area contributed by atoms with E-state index in [1.54, 1.807) is 37.3 Å². The average Bonchev–Trinajstić information content (AvgIpc) is 2.57. The van der Waals surface area contributed by atoms with Crippen molar-refractivity contribution in [3.8, 4) is 0 Å². The van der Waals surface area contributed by atoms with Crippen LogP contribution in [0.4, 0.5) is 17.1 Å². The Labute approximate surface area is 146 Å². The molecule has 0 spiro atoms.